The van der Waals surface area contributed by atoms with Gasteiger partial charge in [-0.25, -0.2) is 9.59 Å². The van der Waals surface area contributed by atoms with Gasteiger partial charge in [0.15, 0.2) is 0 Å². The van der Waals surface area contributed by atoms with Crippen LogP contribution in [0.25, 0.3) is 0 Å². The van der Waals surface area contributed by atoms with Crippen LogP contribution in [0.15, 0.2) is 11.6 Å². The molecular formula is C15H23NO4. The van der Waals surface area contributed by atoms with Crippen LogP contribution < -0.4 is 0 Å². The summed E-state index contributed by atoms with van der Waals surface area (Å²) < 4.78 is 4.47. The van der Waals surface area contributed by atoms with Crippen LogP contribution in [0.4, 0.5) is 0 Å². The van der Waals surface area contributed by atoms with Crippen molar-refractivity contribution in [2.45, 2.75) is 64.9 Å². The number of aliphatic hydroxyl groups excluding tert-OH is 1. The predicted octanol–water partition coefficient (Wildman–Crippen LogP) is 2.64. The summed E-state index contributed by atoms with van der Waals surface area (Å²) >= 11 is 0. The second-order valence-electron chi connectivity index (χ2n) is 4.70. The zero-order valence-corrected chi connectivity index (χ0v) is 12.2. The minimum atomic E-state index is -1.35. The Kier molecular flexibility index (Phi) is 10.2. The summed E-state index contributed by atoms with van der Waals surface area (Å²) in [5.74, 6) is -1.84. The van der Waals surface area contributed by atoms with E-state index in [-0.39, 0.29) is 5.57 Å². The summed E-state index contributed by atoms with van der Waals surface area (Å²) in [6, 6.07) is 1.78. The first-order valence-corrected chi connectivity index (χ1v) is 7.05. The van der Waals surface area contributed by atoms with Gasteiger partial charge in [-0.2, -0.15) is 5.26 Å². The first kappa shape index (κ1) is 18.3. The number of nitriles is 1. The van der Waals surface area contributed by atoms with Crippen LogP contribution in [-0.4, -0.2) is 23.1 Å². The van der Waals surface area contributed by atoms with E-state index in [2.05, 4.69) is 11.7 Å². The fourth-order valence-corrected chi connectivity index (χ4v) is 1.65. The van der Waals surface area contributed by atoms with Gasteiger partial charge in [0.2, 0.25) is 0 Å². The molecule has 0 saturated carbocycles. The first-order valence-electron chi connectivity index (χ1n) is 7.05. The lowest BCUT2D eigenvalue weighted by atomic mass is 10.0. The standard InChI is InChI=1S/C15H23NO4/c1-3-4-5-6-7-8-9-13(10-11-16)15(19)20-14(18)12(2)17/h10,12,17H,3-9H2,1-2H3. The van der Waals surface area contributed by atoms with Crippen LogP contribution in [0.5, 0.6) is 0 Å². The van der Waals surface area contributed by atoms with Gasteiger partial charge in [-0.15, -0.1) is 0 Å². The average Bonchev–Trinajstić information content (AvgIpc) is 2.41. The second kappa shape index (κ2) is 11.2. The third-order valence-electron chi connectivity index (χ3n) is 2.84. The predicted molar refractivity (Wildman–Crippen MR) is 74.5 cm³/mol. The molecule has 5 heteroatoms. The van der Waals surface area contributed by atoms with E-state index >= 15 is 0 Å². The number of hydrogen-bond acceptors (Lipinski definition) is 5. The lowest BCUT2D eigenvalue weighted by Crippen LogP contribution is -2.23. The Bertz CT molecular complexity index is 380. The normalized spacial score (nSPS) is 12.6. The van der Waals surface area contributed by atoms with Crippen LogP contribution >= 0.6 is 0 Å². The molecule has 112 valence electrons. The van der Waals surface area contributed by atoms with E-state index < -0.39 is 18.0 Å². The van der Waals surface area contributed by atoms with Gasteiger partial charge in [0.1, 0.15) is 6.10 Å². The summed E-state index contributed by atoms with van der Waals surface area (Å²) in [5.41, 5.74) is 0.178. The van der Waals surface area contributed by atoms with Crippen molar-refractivity contribution in [3.8, 4) is 6.07 Å². The van der Waals surface area contributed by atoms with E-state index in [9.17, 15) is 9.59 Å². The number of allylic oxidation sites excluding steroid dienone is 1. The van der Waals surface area contributed by atoms with Crippen LogP contribution in [-0.2, 0) is 14.3 Å². The highest BCUT2D eigenvalue weighted by atomic mass is 16.6. The van der Waals surface area contributed by atoms with E-state index in [4.69, 9.17) is 10.4 Å². The fourth-order valence-electron chi connectivity index (χ4n) is 1.65. The number of nitrogens with zero attached hydrogens (tertiary/aromatic N) is 1. The summed E-state index contributed by atoms with van der Waals surface area (Å²) in [4.78, 5) is 22.7. The summed E-state index contributed by atoms with van der Waals surface area (Å²) in [7, 11) is 0. The van der Waals surface area contributed by atoms with Gasteiger partial charge in [-0.3, -0.25) is 0 Å². The second-order valence-corrected chi connectivity index (χ2v) is 4.70. The quantitative estimate of drug-likeness (QED) is 0.231. The maximum absolute atomic E-state index is 11.6. The minimum Gasteiger partial charge on any atom is -0.388 e. The van der Waals surface area contributed by atoms with Crippen molar-refractivity contribution >= 4 is 11.9 Å². The van der Waals surface area contributed by atoms with Crippen molar-refractivity contribution in [3.63, 3.8) is 0 Å². The molecule has 0 radical (unpaired) electrons. The first-order chi connectivity index (χ1) is 9.52. The van der Waals surface area contributed by atoms with Crippen molar-refractivity contribution in [3.05, 3.63) is 11.6 Å². The molecule has 0 aliphatic rings. The van der Waals surface area contributed by atoms with Gasteiger partial charge in [-0.05, 0) is 19.8 Å². The molecule has 0 spiro atoms. The SMILES string of the molecule is CCCCCCCCC(=CC#N)C(=O)OC(=O)C(C)O. The maximum atomic E-state index is 11.6. The number of unbranched alkanes of at least 4 members (excludes halogenated alkanes) is 5. The van der Waals surface area contributed by atoms with Gasteiger partial charge in [0, 0.05) is 11.6 Å². The summed E-state index contributed by atoms with van der Waals surface area (Å²) in [5, 5.41) is 17.6. The van der Waals surface area contributed by atoms with E-state index in [1.807, 2.05) is 0 Å². The molecule has 0 heterocycles. The van der Waals surface area contributed by atoms with Gasteiger partial charge in [0.25, 0.3) is 0 Å². The molecule has 0 saturated heterocycles. The molecule has 20 heavy (non-hydrogen) atoms. The third-order valence-corrected chi connectivity index (χ3v) is 2.84. The molecule has 0 aliphatic carbocycles. The fraction of sp³-hybridized carbons (Fsp3) is 0.667. The van der Waals surface area contributed by atoms with E-state index in [0.29, 0.717) is 6.42 Å². The van der Waals surface area contributed by atoms with Crippen molar-refractivity contribution in [2.75, 3.05) is 0 Å². The molecule has 0 aromatic heterocycles. The van der Waals surface area contributed by atoms with Gasteiger partial charge in [-0.1, -0.05) is 39.0 Å². The molecule has 0 bridgehead atoms. The molecule has 0 aliphatic heterocycles. The van der Waals surface area contributed by atoms with E-state index in [1.165, 1.54) is 26.2 Å². The van der Waals surface area contributed by atoms with Crippen LogP contribution in [0.3, 0.4) is 0 Å². The summed E-state index contributed by atoms with van der Waals surface area (Å²) in [6.07, 6.45) is 6.54. The Balaban J connectivity index is 4.18. The Morgan fingerprint density at radius 2 is 1.85 bits per heavy atom. The zero-order valence-electron chi connectivity index (χ0n) is 12.2. The Morgan fingerprint density at radius 1 is 1.25 bits per heavy atom. The van der Waals surface area contributed by atoms with Crippen LogP contribution in [0, 0.1) is 11.3 Å². The lowest BCUT2D eigenvalue weighted by Gasteiger charge is -2.07. The summed E-state index contributed by atoms with van der Waals surface area (Å²) in [6.45, 7) is 3.36. The average molecular weight is 281 g/mol. The topological polar surface area (TPSA) is 87.4 Å². The monoisotopic (exact) mass is 281 g/mol. The molecule has 5 nitrogen and oxygen atoms in total. The van der Waals surface area contributed by atoms with Crippen molar-refractivity contribution in [1.29, 1.82) is 5.26 Å². The molecule has 1 atom stereocenters. The van der Waals surface area contributed by atoms with E-state index in [1.54, 1.807) is 6.07 Å². The van der Waals surface area contributed by atoms with Crippen molar-refractivity contribution in [2.24, 2.45) is 0 Å². The molecule has 1 unspecified atom stereocenters. The highest BCUT2D eigenvalue weighted by Crippen LogP contribution is 2.13. The number of ether oxygens (including phenoxy) is 1. The lowest BCUT2D eigenvalue weighted by molar-refractivity contribution is -0.162. The van der Waals surface area contributed by atoms with Gasteiger partial charge >= 0.3 is 11.9 Å². The Labute approximate surface area is 120 Å². The largest absolute Gasteiger partial charge is 0.388 e. The van der Waals surface area contributed by atoms with E-state index in [0.717, 1.165) is 25.3 Å². The number of carbonyl (C=O) groups is 2. The highest BCUT2D eigenvalue weighted by Gasteiger charge is 2.18. The molecule has 0 amide bonds. The molecule has 0 aromatic rings. The third kappa shape index (κ3) is 8.44. The molecular weight excluding hydrogens is 258 g/mol. The van der Waals surface area contributed by atoms with Crippen LogP contribution in [0.2, 0.25) is 0 Å². The number of rotatable bonds is 9. The molecule has 0 rings (SSSR count). The van der Waals surface area contributed by atoms with Gasteiger partial charge in [0.05, 0.1) is 6.07 Å². The molecule has 1 N–H and O–H groups in total. The minimum absolute atomic E-state index is 0.178. The molecule has 0 aromatic carbocycles. The van der Waals surface area contributed by atoms with Crippen molar-refractivity contribution in [1.82, 2.24) is 0 Å². The Morgan fingerprint density at radius 3 is 2.40 bits per heavy atom. The number of aliphatic hydroxyl groups is 1. The maximum Gasteiger partial charge on any atom is 0.342 e. The number of carbonyl (C=O) groups excluding carboxylic acids is 2. The molecule has 0 fully saturated rings. The van der Waals surface area contributed by atoms with Crippen molar-refractivity contribution < 1.29 is 19.4 Å². The zero-order chi connectivity index (χ0) is 15.4. The smallest absolute Gasteiger partial charge is 0.342 e. The van der Waals surface area contributed by atoms with Crippen LogP contribution in [0.1, 0.15) is 58.8 Å². The number of hydrogen-bond donors (Lipinski definition) is 1. The number of esters is 2. The Hall–Kier alpha value is -1.67. The highest BCUT2D eigenvalue weighted by molar-refractivity contribution is 5.97. The van der Waals surface area contributed by atoms with Gasteiger partial charge < -0.3 is 9.84 Å².